The number of carbonyl (C=O) groups excluding carboxylic acids is 1. The van der Waals surface area contributed by atoms with Crippen LogP contribution < -0.4 is 0 Å². The molecular formula is C14H16N2O5S. The first kappa shape index (κ1) is 16.3. The Balaban J connectivity index is 2.23. The van der Waals surface area contributed by atoms with Gasteiger partial charge in [-0.05, 0) is 19.1 Å². The van der Waals surface area contributed by atoms with Crippen LogP contribution in [0.3, 0.4) is 0 Å². The van der Waals surface area contributed by atoms with Crippen LogP contribution in [0.1, 0.15) is 22.3 Å². The number of thioether (sulfide) groups is 1. The number of benzene rings is 1. The maximum Gasteiger partial charge on any atom is 0.305 e. The number of aliphatic carboxylic acids is 1. The molecule has 0 aromatic heterocycles. The van der Waals surface area contributed by atoms with E-state index in [0.717, 1.165) is 5.75 Å². The number of hydrogen-bond acceptors (Lipinski definition) is 5. The minimum Gasteiger partial charge on any atom is -0.481 e. The number of rotatable bonds is 4. The Kier molecular flexibility index (Phi) is 5.02. The highest BCUT2D eigenvalue weighted by Crippen LogP contribution is 2.24. The van der Waals surface area contributed by atoms with Gasteiger partial charge in [0.1, 0.15) is 0 Å². The predicted octanol–water partition coefficient (Wildman–Crippen LogP) is 1.94. The first-order valence-corrected chi connectivity index (χ1v) is 7.91. The van der Waals surface area contributed by atoms with Crippen molar-refractivity contribution in [3.8, 4) is 0 Å². The molecule has 1 aliphatic heterocycles. The van der Waals surface area contributed by atoms with Gasteiger partial charge in [-0.2, -0.15) is 11.8 Å². The van der Waals surface area contributed by atoms with Crippen LogP contribution in [0.5, 0.6) is 0 Å². The lowest BCUT2D eigenvalue weighted by atomic mass is 10.1. The highest BCUT2D eigenvalue weighted by Gasteiger charge is 2.30. The smallest absolute Gasteiger partial charge is 0.305 e. The average Bonchev–Trinajstić information content (AvgIpc) is 2.46. The Hall–Kier alpha value is -2.09. The second kappa shape index (κ2) is 6.78. The first-order valence-electron chi connectivity index (χ1n) is 6.75. The molecule has 8 heteroatoms. The fourth-order valence-electron chi connectivity index (χ4n) is 2.45. The van der Waals surface area contributed by atoms with Crippen LogP contribution >= 0.6 is 11.8 Å². The number of hydrogen-bond donors (Lipinski definition) is 1. The van der Waals surface area contributed by atoms with E-state index < -0.39 is 10.9 Å². The summed E-state index contributed by atoms with van der Waals surface area (Å²) < 4.78 is 0. The van der Waals surface area contributed by atoms with Gasteiger partial charge in [0.2, 0.25) is 0 Å². The Morgan fingerprint density at radius 3 is 2.82 bits per heavy atom. The molecule has 2 rings (SSSR count). The molecule has 0 radical (unpaired) electrons. The summed E-state index contributed by atoms with van der Waals surface area (Å²) in [5, 5.41) is 19.8. The van der Waals surface area contributed by atoms with Gasteiger partial charge < -0.3 is 10.0 Å². The van der Waals surface area contributed by atoms with Crippen molar-refractivity contribution in [3.63, 3.8) is 0 Å². The van der Waals surface area contributed by atoms with Crippen molar-refractivity contribution in [1.29, 1.82) is 0 Å². The molecule has 7 nitrogen and oxygen atoms in total. The lowest BCUT2D eigenvalue weighted by Gasteiger charge is -2.34. The van der Waals surface area contributed by atoms with Crippen molar-refractivity contribution < 1.29 is 19.6 Å². The van der Waals surface area contributed by atoms with Gasteiger partial charge in [0.05, 0.1) is 17.4 Å². The molecule has 118 valence electrons. The summed E-state index contributed by atoms with van der Waals surface area (Å²) >= 11 is 1.62. The van der Waals surface area contributed by atoms with Gasteiger partial charge in [-0.15, -0.1) is 0 Å². The van der Waals surface area contributed by atoms with Gasteiger partial charge in [0.25, 0.3) is 11.6 Å². The number of amides is 1. The van der Waals surface area contributed by atoms with Gasteiger partial charge in [-0.25, -0.2) is 0 Å². The molecule has 1 N–H and O–H groups in total. The van der Waals surface area contributed by atoms with Gasteiger partial charge >= 0.3 is 5.97 Å². The van der Waals surface area contributed by atoms with E-state index in [0.29, 0.717) is 23.4 Å². The monoisotopic (exact) mass is 324 g/mol. The van der Waals surface area contributed by atoms with Crippen molar-refractivity contribution >= 4 is 29.3 Å². The van der Waals surface area contributed by atoms with E-state index in [2.05, 4.69) is 0 Å². The third-order valence-electron chi connectivity index (χ3n) is 3.54. The summed E-state index contributed by atoms with van der Waals surface area (Å²) in [6, 6.07) is 3.87. The lowest BCUT2D eigenvalue weighted by Crippen LogP contribution is -2.47. The number of carbonyl (C=O) groups is 2. The molecule has 0 aliphatic carbocycles. The normalized spacial score (nSPS) is 18.0. The number of nitro groups is 1. The molecule has 1 aromatic carbocycles. The zero-order valence-corrected chi connectivity index (χ0v) is 12.8. The highest BCUT2D eigenvalue weighted by atomic mass is 32.2. The van der Waals surface area contributed by atoms with Gasteiger partial charge in [0, 0.05) is 35.2 Å². The molecule has 0 saturated carbocycles. The van der Waals surface area contributed by atoms with E-state index in [1.807, 2.05) is 0 Å². The molecule has 1 saturated heterocycles. The van der Waals surface area contributed by atoms with Crippen LogP contribution in [-0.2, 0) is 4.79 Å². The summed E-state index contributed by atoms with van der Waals surface area (Å²) in [6.45, 7) is 2.06. The van der Waals surface area contributed by atoms with Crippen LogP contribution in [0.4, 0.5) is 5.69 Å². The third-order valence-corrected chi connectivity index (χ3v) is 4.63. The fourth-order valence-corrected chi connectivity index (χ4v) is 3.51. The van der Waals surface area contributed by atoms with Crippen LogP contribution in [0.2, 0.25) is 0 Å². The SMILES string of the molecule is Cc1cc(C(=O)N2CCSCC2CC(=O)O)ccc1[N+](=O)[O-]. The van der Waals surface area contributed by atoms with Crippen molar-refractivity contribution in [2.45, 2.75) is 19.4 Å². The van der Waals surface area contributed by atoms with E-state index in [9.17, 15) is 19.7 Å². The molecule has 1 aromatic rings. The topological polar surface area (TPSA) is 101 Å². The predicted molar refractivity (Wildman–Crippen MR) is 82.2 cm³/mol. The highest BCUT2D eigenvalue weighted by molar-refractivity contribution is 7.99. The van der Waals surface area contributed by atoms with Crippen LogP contribution in [0.25, 0.3) is 0 Å². The summed E-state index contributed by atoms with van der Waals surface area (Å²) in [7, 11) is 0. The van der Waals surface area contributed by atoms with Gasteiger partial charge in [-0.1, -0.05) is 0 Å². The molecule has 1 atom stereocenters. The van der Waals surface area contributed by atoms with Crippen molar-refractivity contribution in [3.05, 3.63) is 39.4 Å². The van der Waals surface area contributed by atoms with E-state index in [-0.39, 0.29) is 24.1 Å². The Morgan fingerprint density at radius 2 is 2.23 bits per heavy atom. The quantitative estimate of drug-likeness (QED) is 0.671. The molecule has 0 bridgehead atoms. The zero-order valence-electron chi connectivity index (χ0n) is 12.0. The average molecular weight is 324 g/mol. The molecule has 1 amide bonds. The first-order chi connectivity index (χ1) is 10.4. The van der Waals surface area contributed by atoms with Crippen LogP contribution in [0, 0.1) is 17.0 Å². The largest absolute Gasteiger partial charge is 0.481 e. The van der Waals surface area contributed by atoms with Crippen LogP contribution in [-0.4, -0.2) is 50.9 Å². The van der Waals surface area contributed by atoms with E-state index >= 15 is 0 Å². The summed E-state index contributed by atoms with van der Waals surface area (Å²) in [5.74, 6) is 0.132. The molecular weight excluding hydrogens is 308 g/mol. The van der Waals surface area contributed by atoms with E-state index in [4.69, 9.17) is 5.11 Å². The second-order valence-electron chi connectivity index (χ2n) is 5.08. The molecule has 1 heterocycles. The van der Waals surface area contributed by atoms with E-state index in [1.54, 1.807) is 23.6 Å². The van der Waals surface area contributed by atoms with Crippen LogP contribution in [0.15, 0.2) is 18.2 Å². The van der Waals surface area contributed by atoms with Gasteiger partial charge in [-0.3, -0.25) is 19.7 Å². The number of nitrogens with zero attached hydrogens (tertiary/aromatic N) is 2. The minimum absolute atomic E-state index is 0.0344. The van der Waals surface area contributed by atoms with Crippen molar-refractivity contribution in [2.75, 3.05) is 18.1 Å². The molecule has 1 unspecified atom stereocenters. The second-order valence-corrected chi connectivity index (χ2v) is 6.23. The van der Waals surface area contributed by atoms with E-state index in [1.165, 1.54) is 18.2 Å². The maximum absolute atomic E-state index is 12.6. The molecule has 22 heavy (non-hydrogen) atoms. The fraction of sp³-hybridized carbons (Fsp3) is 0.429. The minimum atomic E-state index is -0.940. The number of nitro benzene ring substituents is 1. The number of carboxylic acid groups (broad SMARTS) is 1. The number of aryl methyl sites for hydroxylation is 1. The van der Waals surface area contributed by atoms with Gasteiger partial charge in [0.15, 0.2) is 0 Å². The molecule has 1 fully saturated rings. The maximum atomic E-state index is 12.6. The Morgan fingerprint density at radius 1 is 1.50 bits per heavy atom. The zero-order chi connectivity index (χ0) is 16.3. The number of carboxylic acids is 1. The molecule has 1 aliphatic rings. The van der Waals surface area contributed by atoms with Crippen molar-refractivity contribution in [2.24, 2.45) is 0 Å². The third kappa shape index (κ3) is 3.56. The summed E-state index contributed by atoms with van der Waals surface area (Å²) in [5.41, 5.74) is 0.732. The van der Waals surface area contributed by atoms with Crippen molar-refractivity contribution in [1.82, 2.24) is 4.90 Å². The summed E-state index contributed by atoms with van der Waals surface area (Å²) in [4.78, 5) is 35.4. The Bertz CT molecular complexity index is 619. The summed E-state index contributed by atoms with van der Waals surface area (Å²) in [6.07, 6.45) is -0.0926. The lowest BCUT2D eigenvalue weighted by molar-refractivity contribution is -0.385. The molecule has 0 spiro atoms. The Labute approximate surface area is 131 Å². The standard InChI is InChI=1S/C14H16N2O5S/c1-9-6-10(2-3-12(9)16(20)21)14(19)15-4-5-22-8-11(15)7-13(17)18/h2-3,6,11H,4-5,7-8H2,1H3,(H,17,18).